The first-order chi connectivity index (χ1) is 11.6. The second-order valence-corrected chi connectivity index (χ2v) is 6.19. The van der Waals surface area contributed by atoms with E-state index in [1.807, 2.05) is 24.3 Å². The van der Waals surface area contributed by atoms with Gasteiger partial charge in [0.25, 0.3) is 0 Å². The fraction of sp³-hybridized carbons (Fsp3) is 0.400. The number of rotatable bonds is 9. The highest BCUT2D eigenvalue weighted by molar-refractivity contribution is 5.29. The SMILES string of the molecule is CCC(N)(CNCc1ccc(OC)cc1)Cc1ccc(OC)cc1. The summed E-state index contributed by atoms with van der Waals surface area (Å²) in [6.45, 7) is 3.70. The van der Waals surface area contributed by atoms with Gasteiger partial charge in [-0.3, -0.25) is 0 Å². The van der Waals surface area contributed by atoms with Crippen molar-refractivity contribution in [3.05, 3.63) is 59.7 Å². The quantitative estimate of drug-likeness (QED) is 0.742. The highest BCUT2D eigenvalue weighted by Gasteiger charge is 2.22. The first-order valence-corrected chi connectivity index (χ1v) is 8.34. The van der Waals surface area contributed by atoms with Crippen LogP contribution in [0, 0.1) is 0 Å². The van der Waals surface area contributed by atoms with Gasteiger partial charge in [0.05, 0.1) is 14.2 Å². The summed E-state index contributed by atoms with van der Waals surface area (Å²) < 4.78 is 10.4. The predicted octanol–water partition coefficient (Wildman–Crippen LogP) is 3.14. The van der Waals surface area contributed by atoms with E-state index in [0.29, 0.717) is 0 Å². The molecule has 0 spiro atoms. The normalized spacial score (nSPS) is 13.3. The summed E-state index contributed by atoms with van der Waals surface area (Å²) in [5.41, 5.74) is 8.78. The van der Waals surface area contributed by atoms with Crippen LogP contribution in [0.3, 0.4) is 0 Å². The second-order valence-electron chi connectivity index (χ2n) is 6.19. The Kier molecular flexibility index (Phi) is 6.64. The molecule has 2 aromatic carbocycles. The van der Waals surface area contributed by atoms with Gasteiger partial charge in [-0.05, 0) is 48.2 Å². The molecule has 0 heterocycles. The summed E-state index contributed by atoms with van der Waals surface area (Å²) in [6, 6.07) is 16.2. The summed E-state index contributed by atoms with van der Waals surface area (Å²) in [4.78, 5) is 0. The number of hydrogen-bond donors (Lipinski definition) is 2. The molecule has 2 rings (SSSR count). The van der Waals surface area contributed by atoms with Crippen molar-refractivity contribution in [3.8, 4) is 11.5 Å². The van der Waals surface area contributed by atoms with E-state index in [0.717, 1.165) is 37.4 Å². The standard InChI is InChI=1S/C20H28N2O2/c1-4-20(21,13-16-5-9-18(23-2)10-6-16)15-22-14-17-7-11-19(24-3)12-8-17/h5-12,22H,4,13-15,21H2,1-3H3. The fourth-order valence-electron chi connectivity index (χ4n) is 2.66. The van der Waals surface area contributed by atoms with E-state index in [2.05, 4.69) is 36.5 Å². The van der Waals surface area contributed by atoms with Crippen LogP contribution < -0.4 is 20.5 Å². The Balaban J connectivity index is 1.88. The third-order valence-corrected chi connectivity index (χ3v) is 4.38. The van der Waals surface area contributed by atoms with Gasteiger partial charge in [0.1, 0.15) is 11.5 Å². The zero-order chi connectivity index (χ0) is 17.4. The van der Waals surface area contributed by atoms with Crippen molar-refractivity contribution >= 4 is 0 Å². The zero-order valence-electron chi connectivity index (χ0n) is 14.8. The van der Waals surface area contributed by atoms with Crippen molar-refractivity contribution in [2.75, 3.05) is 20.8 Å². The topological polar surface area (TPSA) is 56.5 Å². The Morgan fingerprint density at radius 3 is 1.83 bits per heavy atom. The Morgan fingerprint density at radius 2 is 1.38 bits per heavy atom. The van der Waals surface area contributed by atoms with Crippen LogP contribution in [0.1, 0.15) is 24.5 Å². The highest BCUT2D eigenvalue weighted by Crippen LogP contribution is 2.18. The minimum Gasteiger partial charge on any atom is -0.497 e. The van der Waals surface area contributed by atoms with Crippen LogP contribution in [0.5, 0.6) is 11.5 Å². The Morgan fingerprint density at radius 1 is 0.875 bits per heavy atom. The number of nitrogens with one attached hydrogen (secondary N) is 1. The number of methoxy groups -OCH3 is 2. The van der Waals surface area contributed by atoms with Crippen molar-refractivity contribution in [3.63, 3.8) is 0 Å². The van der Waals surface area contributed by atoms with Crippen LogP contribution in [0.2, 0.25) is 0 Å². The maximum atomic E-state index is 6.60. The lowest BCUT2D eigenvalue weighted by molar-refractivity contribution is 0.377. The van der Waals surface area contributed by atoms with Crippen molar-refractivity contribution < 1.29 is 9.47 Å². The molecule has 0 aliphatic heterocycles. The molecule has 130 valence electrons. The molecule has 1 unspecified atom stereocenters. The second kappa shape index (κ2) is 8.71. The van der Waals surface area contributed by atoms with Crippen LogP contribution in [0.25, 0.3) is 0 Å². The molecule has 0 fully saturated rings. The minimum atomic E-state index is -0.263. The molecule has 0 bridgehead atoms. The van der Waals surface area contributed by atoms with Gasteiger partial charge >= 0.3 is 0 Å². The van der Waals surface area contributed by atoms with E-state index in [1.54, 1.807) is 14.2 Å². The van der Waals surface area contributed by atoms with E-state index >= 15 is 0 Å². The molecule has 0 saturated heterocycles. The lowest BCUT2D eigenvalue weighted by atomic mass is 9.89. The van der Waals surface area contributed by atoms with E-state index in [4.69, 9.17) is 15.2 Å². The molecule has 0 amide bonds. The molecule has 24 heavy (non-hydrogen) atoms. The first kappa shape index (κ1) is 18.3. The number of ether oxygens (including phenoxy) is 2. The Hall–Kier alpha value is -2.04. The van der Waals surface area contributed by atoms with E-state index in [9.17, 15) is 0 Å². The Labute approximate surface area is 145 Å². The average Bonchev–Trinajstić information content (AvgIpc) is 2.63. The maximum Gasteiger partial charge on any atom is 0.118 e. The van der Waals surface area contributed by atoms with E-state index in [-0.39, 0.29) is 5.54 Å². The largest absolute Gasteiger partial charge is 0.497 e. The first-order valence-electron chi connectivity index (χ1n) is 8.34. The molecule has 0 aliphatic rings. The van der Waals surface area contributed by atoms with E-state index < -0.39 is 0 Å². The van der Waals surface area contributed by atoms with Crippen LogP contribution in [0.4, 0.5) is 0 Å². The monoisotopic (exact) mass is 328 g/mol. The summed E-state index contributed by atoms with van der Waals surface area (Å²) >= 11 is 0. The highest BCUT2D eigenvalue weighted by atomic mass is 16.5. The molecule has 0 saturated carbocycles. The maximum absolute atomic E-state index is 6.60. The summed E-state index contributed by atoms with van der Waals surface area (Å²) in [5.74, 6) is 1.75. The molecular weight excluding hydrogens is 300 g/mol. The van der Waals surface area contributed by atoms with Crippen LogP contribution in [0.15, 0.2) is 48.5 Å². The van der Waals surface area contributed by atoms with Gasteiger partial charge in [0.2, 0.25) is 0 Å². The van der Waals surface area contributed by atoms with Crippen LogP contribution in [-0.2, 0) is 13.0 Å². The summed E-state index contributed by atoms with van der Waals surface area (Å²) in [7, 11) is 3.35. The van der Waals surface area contributed by atoms with Gasteiger partial charge < -0.3 is 20.5 Å². The smallest absolute Gasteiger partial charge is 0.118 e. The average molecular weight is 328 g/mol. The van der Waals surface area contributed by atoms with Crippen molar-refractivity contribution in [1.29, 1.82) is 0 Å². The molecular formula is C20H28N2O2. The van der Waals surface area contributed by atoms with Crippen molar-refractivity contribution in [2.45, 2.75) is 31.8 Å². The van der Waals surface area contributed by atoms with Crippen molar-refractivity contribution in [2.24, 2.45) is 5.73 Å². The van der Waals surface area contributed by atoms with Gasteiger partial charge in [0, 0.05) is 18.6 Å². The minimum absolute atomic E-state index is 0.263. The Bertz CT molecular complexity index is 611. The van der Waals surface area contributed by atoms with Crippen LogP contribution >= 0.6 is 0 Å². The molecule has 4 nitrogen and oxygen atoms in total. The molecule has 4 heteroatoms. The number of nitrogens with two attached hydrogens (primary N) is 1. The molecule has 0 radical (unpaired) electrons. The lowest BCUT2D eigenvalue weighted by Crippen LogP contribution is -2.50. The number of benzene rings is 2. The summed E-state index contributed by atoms with van der Waals surface area (Å²) in [6.07, 6.45) is 1.75. The van der Waals surface area contributed by atoms with Crippen LogP contribution in [-0.4, -0.2) is 26.3 Å². The summed E-state index contributed by atoms with van der Waals surface area (Å²) in [5, 5.41) is 3.48. The molecule has 3 N–H and O–H groups in total. The third kappa shape index (κ3) is 5.25. The lowest BCUT2D eigenvalue weighted by Gasteiger charge is -2.29. The number of hydrogen-bond acceptors (Lipinski definition) is 4. The van der Waals surface area contributed by atoms with Gasteiger partial charge in [-0.2, -0.15) is 0 Å². The van der Waals surface area contributed by atoms with Gasteiger partial charge in [-0.1, -0.05) is 31.2 Å². The third-order valence-electron chi connectivity index (χ3n) is 4.38. The molecule has 1 atom stereocenters. The van der Waals surface area contributed by atoms with E-state index in [1.165, 1.54) is 11.1 Å². The molecule has 2 aromatic rings. The van der Waals surface area contributed by atoms with Gasteiger partial charge in [-0.15, -0.1) is 0 Å². The predicted molar refractivity (Wildman–Crippen MR) is 98.6 cm³/mol. The van der Waals surface area contributed by atoms with Gasteiger partial charge in [0.15, 0.2) is 0 Å². The van der Waals surface area contributed by atoms with Gasteiger partial charge in [-0.25, -0.2) is 0 Å². The zero-order valence-corrected chi connectivity index (χ0v) is 14.8. The fourth-order valence-corrected chi connectivity index (χ4v) is 2.66. The molecule has 0 aromatic heterocycles. The van der Waals surface area contributed by atoms with Crippen molar-refractivity contribution in [1.82, 2.24) is 5.32 Å². The molecule has 0 aliphatic carbocycles.